The fourth-order valence-electron chi connectivity index (χ4n) is 3.21. The van der Waals surface area contributed by atoms with Gasteiger partial charge in [-0.3, -0.25) is 15.1 Å². The number of ether oxygens (including phenoxy) is 1. The summed E-state index contributed by atoms with van der Waals surface area (Å²) in [4.78, 5) is 32.1. The lowest BCUT2D eigenvalue weighted by Gasteiger charge is -2.19. The molecule has 2 rings (SSSR count). The summed E-state index contributed by atoms with van der Waals surface area (Å²) in [6, 6.07) is 0.992. The van der Waals surface area contributed by atoms with Gasteiger partial charge in [-0.2, -0.15) is 0 Å². The molecule has 9 heteroatoms. The normalized spacial score (nSPS) is 18.5. The molecule has 1 aliphatic rings. The van der Waals surface area contributed by atoms with Gasteiger partial charge in [0.25, 0.3) is 5.91 Å². The monoisotopic (exact) mass is 478 g/mol. The van der Waals surface area contributed by atoms with Gasteiger partial charge >= 0.3 is 5.97 Å². The summed E-state index contributed by atoms with van der Waals surface area (Å²) in [5.74, 6) is -1.83. The molecule has 180 valence electrons. The lowest BCUT2D eigenvalue weighted by molar-refractivity contribution is -0.137. The van der Waals surface area contributed by atoms with Crippen LogP contribution >= 0.6 is 11.6 Å². The molecule has 1 heterocycles. The Morgan fingerprint density at radius 2 is 1.91 bits per heavy atom. The summed E-state index contributed by atoms with van der Waals surface area (Å²) < 4.78 is 5.46. The number of esters is 1. The van der Waals surface area contributed by atoms with Crippen LogP contribution in [-0.2, 0) is 14.4 Å². The largest absolute Gasteiger partial charge is 0.507 e. The second-order valence-electron chi connectivity index (χ2n) is 7.48. The molecular weight excluding hydrogens is 448 g/mol. The number of rotatable bonds is 6. The number of carbonyl (C=O) groups is 2. The maximum absolute atomic E-state index is 12.8. The van der Waals surface area contributed by atoms with Crippen LogP contribution in [0.2, 0.25) is 5.02 Å². The minimum Gasteiger partial charge on any atom is -0.507 e. The summed E-state index contributed by atoms with van der Waals surface area (Å²) >= 11 is 6.29. The van der Waals surface area contributed by atoms with E-state index in [1.165, 1.54) is 6.08 Å². The highest BCUT2D eigenvalue weighted by atomic mass is 35.5. The molecule has 0 saturated carbocycles. The zero-order valence-electron chi connectivity index (χ0n) is 19.1. The summed E-state index contributed by atoms with van der Waals surface area (Å²) in [5, 5.41) is 20.4. The number of allylic oxidation sites excluding steroid dienone is 3. The van der Waals surface area contributed by atoms with Gasteiger partial charge in [0.15, 0.2) is 6.61 Å². The Morgan fingerprint density at radius 3 is 2.61 bits per heavy atom. The Labute approximate surface area is 199 Å². The van der Waals surface area contributed by atoms with Crippen LogP contribution < -0.4 is 5.48 Å². The number of nitrogens with zero attached hydrogens (tertiary/aromatic N) is 1. The Morgan fingerprint density at radius 1 is 1.21 bits per heavy atom. The van der Waals surface area contributed by atoms with Crippen molar-refractivity contribution in [2.45, 2.75) is 46.1 Å². The third-order valence-corrected chi connectivity index (χ3v) is 5.40. The van der Waals surface area contributed by atoms with Crippen molar-refractivity contribution >= 4 is 29.6 Å². The van der Waals surface area contributed by atoms with E-state index >= 15 is 0 Å². The minimum absolute atomic E-state index is 0.0600. The van der Waals surface area contributed by atoms with Gasteiger partial charge in [0.1, 0.15) is 23.2 Å². The van der Waals surface area contributed by atoms with Crippen LogP contribution in [0, 0.1) is 0 Å². The number of halogens is 1. The molecule has 0 aliphatic carbocycles. The van der Waals surface area contributed by atoms with Crippen molar-refractivity contribution in [3.05, 3.63) is 52.2 Å². The number of carbonyl (C=O) groups excluding carboxylic acids is 2. The first kappa shape index (κ1) is 26.3. The number of hydroxylamine groups is 1. The first-order valence-corrected chi connectivity index (χ1v) is 11.3. The second-order valence-corrected chi connectivity index (χ2v) is 7.85. The molecule has 8 nitrogen and oxygen atoms in total. The Hall–Kier alpha value is -2.97. The number of fused-ring (bicyclic) bond motifs is 1. The molecule has 1 aromatic carbocycles. The number of likely N-dealkylation sites (N-methyl/N-ethyl adjacent to an activating group) is 1. The smallest absolute Gasteiger partial charge is 0.342 e. The summed E-state index contributed by atoms with van der Waals surface area (Å²) in [7, 11) is 0. The average molecular weight is 479 g/mol. The third-order valence-electron chi connectivity index (χ3n) is 5.01. The third kappa shape index (κ3) is 7.54. The topological polar surface area (TPSA) is 108 Å². The van der Waals surface area contributed by atoms with Gasteiger partial charge in [0.2, 0.25) is 0 Å². The van der Waals surface area contributed by atoms with Crippen LogP contribution in [0.25, 0.3) is 6.08 Å². The first-order valence-electron chi connectivity index (χ1n) is 10.9. The van der Waals surface area contributed by atoms with Gasteiger partial charge in [-0.25, -0.2) is 4.79 Å². The molecule has 1 aromatic rings. The maximum atomic E-state index is 12.8. The predicted octanol–water partition coefficient (Wildman–Crippen LogP) is 4.32. The van der Waals surface area contributed by atoms with Crippen molar-refractivity contribution in [2.24, 2.45) is 0 Å². The highest BCUT2D eigenvalue weighted by Gasteiger charge is 2.24. The van der Waals surface area contributed by atoms with Crippen molar-refractivity contribution in [3.8, 4) is 11.5 Å². The van der Waals surface area contributed by atoms with Gasteiger partial charge in [-0.1, -0.05) is 29.8 Å². The molecule has 3 N–H and O–H groups in total. The van der Waals surface area contributed by atoms with E-state index in [0.29, 0.717) is 25.2 Å². The van der Waals surface area contributed by atoms with Crippen LogP contribution in [0.3, 0.4) is 0 Å². The van der Waals surface area contributed by atoms with E-state index in [9.17, 15) is 19.8 Å². The minimum atomic E-state index is -0.778. The molecule has 0 fully saturated rings. The number of nitrogens with one attached hydrogen (secondary N) is 1. The Balaban J connectivity index is 2.43. The molecule has 0 saturated heterocycles. The van der Waals surface area contributed by atoms with Crippen LogP contribution in [0.1, 0.15) is 56.0 Å². The lowest BCUT2D eigenvalue weighted by atomic mass is 10.0. The fourth-order valence-corrected chi connectivity index (χ4v) is 3.42. The van der Waals surface area contributed by atoms with E-state index in [-0.39, 0.29) is 28.7 Å². The summed E-state index contributed by atoms with van der Waals surface area (Å²) in [6.45, 7) is 6.43. The Bertz CT molecular complexity index is 937. The highest BCUT2D eigenvalue weighted by molar-refractivity contribution is 6.34. The van der Waals surface area contributed by atoms with Crippen molar-refractivity contribution in [2.75, 3.05) is 19.7 Å². The van der Waals surface area contributed by atoms with E-state index in [0.717, 1.165) is 18.9 Å². The standard InChI is InChI=1S/C24H31ClN2O6/c1-4-27(5-2)21(30)15-32-26-17-12-10-8-6-7-9-11-16(3)33-24(31)22-18(13-17)23(25)20(29)14-19(22)28/h7,9-10,12-14,16,26,28-29H,4-6,8,11,15H2,1-3H3/b9-7?,12-10?,17-13-/t16-/m1/s1. The number of phenols is 2. The van der Waals surface area contributed by atoms with Crippen molar-refractivity contribution in [1.82, 2.24) is 10.4 Å². The molecule has 33 heavy (non-hydrogen) atoms. The zero-order chi connectivity index (χ0) is 24.4. The predicted molar refractivity (Wildman–Crippen MR) is 127 cm³/mol. The number of cyclic esters (lactones) is 1. The molecule has 0 bridgehead atoms. The number of benzene rings is 1. The zero-order valence-corrected chi connectivity index (χ0v) is 19.9. The number of aromatic hydroxyl groups is 2. The van der Waals surface area contributed by atoms with Gasteiger partial charge in [0, 0.05) is 31.1 Å². The molecule has 0 spiro atoms. The quantitative estimate of drug-likeness (QED) is 0.317. The average Bonchev–Trinajstić information content (AvgIpc) is 2.76. The van der Waals surface area contributed by atoms with Crippen molar-refractivity contribution in [1.29, 1.82) is 0 Å². The SMILES string of the molecule is CCN(CC)C(=O)CON/C1=C\c2c(Cl)c(O)cc(O)c2C(=O)O[C@H](C)CC=CCCC=C1. The molecule has 0 radical (unpaired) electrons. The van der Waals surface area contributed by atoms with Crippen LogP contribution in [-0.4, -0.2) is 52.8 Å². The maximum Gasteiger partial charge on any atom is 0.342 e. The number of hydrogen-bond acceptors (Lipinski definition) is 7. The fraction of sp³-hybridized carbons (Fsp3) is 0.417. The highest BCUT2D eigenvalue weighted by Crippen LogP contribution is 2.38. The lowest BCUT2D eigenvalue weighted by Crippen LogP contribution is -2.35. The molecule has 0 aromatic heterocycles. The molecular formula is C24H31ClN2O6. The van der Waals surface area contributed by atoms with E-state index in [4.69, 9.17) is 21.2 Å². The van der Waals surface area contributed by atoms with Crippen LogP contribution in [0.5, 0.6) is 11.5 Å². The van der Waals surface area contributed by atoms with Gasteiger partial charge < -0.3 is 19.8 Å². The van der Waals surface area contributed by atoms with E-state index in [1.807, 2.05) is 32.1 Å². The van der Waals surface area contributed by atoms with Crippen molar-refractivity contribution in [3.63, 3.8) is 0 Å². The number of amides is 1. The van der Waals surface area contributed by atoms with Gasteiger partial charge in [0.05, 0.1) is 10.7 Å². The number of phenolic OH excluding ortho intramolecular Hbond substituents is 2. The molecule has 1 aliphatic heterocycles. The molecule has 1 atom stereocenters. The van der Waals surface area contributed by atoms with Crippen molar-refractivity contribution < 1.29 is 29.4 Å². The van der Waals surface area contributed by atoms with Crippen LogP contribution in [0.15, 0.2) is 36.1 Å². The van der Waals surface area contributed by atoms with E-state index in [1.54, 1.807) is 17.9 Å². The molecule has 1 amide bonds. The summed E-state index contributed by atoms with van der Waals surface area (Å²) in [5.41, 5.74) is 2.94. The number of hydrogen-bond donors (Lipinski definition) is 3. The Kier molecular flexibility index (Phi) is 10.3. The van der Waals surface area contributed by atoms with E-state index in [2.05, 4.69) is 5.48 Å². The summed E-state index contributed by atoms with van der Waals surface area (Å²) in [6.07, 6.45) is 10.6. The second kappa shape index (κ2) is 12.9. The van der Waals surface area contributed by atoms with Gasteiger partial charge in [-0.05, 0) is 45.8 Å². The first-order chi connectivity index (χ1) is 15.8. The molecule has 0 unspecified atom stereocenters. The van der Waals surface area contributed by atoms with E-state index < -0.39 is 23.6 Å². The van der Waals surface area contributed by atoms with Gasteiger partial charge in [-0.15, -0.1) is 0 Å². The van der Waals surface area contributed by atoms with Crippen LogP contribution in [0.4, 0.5) is 0 Å².